The average molecular weight is 417 g/mol. The first kappa shape index (κ1) is 17.7. The maximum absolute atomic E-state index is 12.3. The normalized spacial score (nSPS) is 12.0. The molecule has 2 N–H and O–H groups in total. The molecule has 0 fully saturated rings. The highest BCUT2D eigenvalue weighted by molar-refractivity contribution is 9.10. The Morgan fingerprint density at radius 2 is 1.84 bits per heavy atom. The standard InChI is InChI=1S/C18H17BrN4OS/c1-11-3-5-13(6-4-11)16-21-18(23-22-16)25-12(2)17(24)20-15-9-7-14(19)8-10-15/h3-10,12H,1-2H3,(H,20,24)(H,21,22,23). The molecule has 0 aliphatic heterocycles. The second kappa shape index (κ2) is 7.84. The van der Waals surface area contributed by atoms with Crippen molar-refractivity contribution in [2.24, 2.45) is 0 Å². The number of anilines is 1. The van der Waals surface area contributed by atoms with Crippen molar-refractivity contribution < 1.29 is 4.79 Å². The second-order valence-corrected chi connectivity index (χ2v) is 7.81. The molecule has 1 unspecified atom stereocenters. The Kier molecular flexibility index (Phi) is 5.55. The molecule has 0 aliphatic carbocycles. The third-order valence-corrected chi connectivity index (χ3v) is 5.04. The first-order valence-electron chi connectivity index (χ1n) is 7.74. The SMILES string of the molecule is Cc1ccc(-c2nc(SC(C)C(=O)Nc3ccc(Br)cc3)n[nH]2)cc1. The number of aromatic nitrogens is 3. The number of H-pyrrole nitrogens is 1. The molecule has 0 bridgehead atoms. The lowest BCUT2D eigenvalue weighted by Gasteiger charge is -2.10. The van der Waals surface area contributed by atoms with E-state index in [2.05, 4.69) is 36.4 Å². The Balaban J connectivity index is 1.62. The molecule has 1 aromatic heterocycles. The van der Waals surface area contributed by atoms with E-state index in [1.54, 1.807) is 0 Å². The first-order chi connectivity index (χ1) is 12.0. The van der Waals surface area contributed by atoms with Gasteiger partial charge in [-0.2, -0.15) is 0 Å². The van der Waals surface area contributed by atoms with Gasteiger partial charge in [0.1, 0.15) is 0 Å². The van der Waals surface area contributed by atoms with Crippen LogP contribution in [0.1, 0.15) is 12.5 Å². The van der Waals surface area contributed by atoms with Gasteiger partial charge in [-0.25, -0.2) is 4.98 Å². The van der Waals surface area contributed by atoms with Crippen LogP contribution in [0.2, 0.25) is 0 Å². The minimum Gasteiger partial charge on any atom is -0.325 e. The smallest absolute Gasteiger partial charge is 0.237 e. The molecule has 1 amide bonds. The number of thioether (sulfide) groups is 1. The molecule has 128 valence electrons. The van der Waals surface area contributed by atoms with Crippen molar-refractivity contribution in [2.75, 3.05) is 5.32 Å². The topological polar surface area (TPSA) is 70.7 Å². The van der Waals surface area contributed by atoms with Crippen LogP contribution in [0.15, 0.2) is 58.2 Å². The van der Waals surface area contributed by atoms with Crippen LogP contribution in [0.25, 0.3) is 11.4 Å². The van der Waals surface area contributed by atoms with E-state index in [0.717, 1.165) is 15.7 Å². The van der Waals surface area contributed by atoms with Crippen molar-refractivity contribution in [3.05, 3.63) is 58.6 Å². The van der Waals surface area contributed by atoms with Crippen molar-refractivity contribution in [3.63, 3.8) is 0 Å². The van der Waals surface area contributed by atoms with Gasteiger partial charge in [0, 0.05) is 15.7 Å². The third-order valence-electron chi connectivity index (χ3n) is 3.55. The van der Waals surface area contributed by atoms with Gasteiger partial charge in [-0.1, -0.05) is 57.5 Å². The molecule has 0 radical (unpaired) electrons. The predicted octanol–water partition coefficient (Wildman–Crippen LogP) is 4.66. The maximum atomic E-state index is 12.3. The molecule has 5 nitrogen and oxygen atoms in total. The number of rotatable bonds is 5. The van der Waals surface area contributed by atoms with Crippen LogP contribution in [0.3, 0.4) is 0 Å². The van der Waals surface area contributed by atoms with Gasteiger partial charge in [0.05, 0.1) is 5.25 Å². The number of carbonyl (C=O) groups excluding carboxylic acids is 1. The third kappa shape index (κ3) is 4.70. The lowest BCUT2D eigenvalue weighted by molar-refractivity contribution is -0.115. The summed E-state index contributed by atoms with van der Waals surface area (Å²) in [5.74, 6) is 0.608. The Morgan fingerprint density at radius 3 is 2.52 bits per heavy atom. The van der Waals surface area contributed by atoms with E-state index in [0.29, 0.717) is 11.0 Å². The molecule has 0 saturated heterocycles. The molecule has 0 saturated carbocycles. The summed E-state index contributed by atoms with van der Waals surface area (Å²) in [6, 6.07) is 15.5. The summed E-state index contributed by atoms with van der Waals surface area (Å²) in [7, 11) is 0. The molecule has 2 aromatic carbocycles. The van der Waals surface area contributed by atoms with Crippen molar-refractivity contribution >= 4 is 39.3 Å². The van der Waals surface area contributed by atoms with Crippen molar-refractivity contribution in [2.45, 2.75) is 24.3 Å². The summed E-state index contributed by atoms with van der Waals surface area (Å²) in [5.41, 5.74) is 2.92. The largest absolute Gasteiger partial charge is 0.325 e. The van der Waals surface area contributed by atoms with Gasteiger partial charge in [-0.3, -0.25) is 9.89 Å². The maximum Gasteiger partial charge on any atom is 0.237 e. The minimum absolute atomic E-state index is 0.0889. The second-order valence-electron chi connectivity index (χ2n) is 5.59. The predicted molar refractivity (Wildman–Crippen MR) is 105 cm³/mol. The van der Waals surface area contributed by atoms with Crippen molar-refractivity contribution in [3.8, 4) is 11.4 Å². The van der Waals surface area contributed by atoms with E-state index in [9.17, 15) is 4.79 Å². The van der Waals surface area contributed by atoms with Crippen LogP contribution < -0.4 is 5.32 Å². The fourth-order valence-electron chi connectivity index (χ4n) is 2.13. The quantitative estimate of drug-likeness (QED) is 0.593. The van der Waals surface area contributed by atoms with Crippen LogP contribution in [0.4, 0.5) is 5.69 Å². The number of benzene rings is 2. The average Bonchev–Trinajstić information content (AvgIpc) is 3.06. The van der Waals surface area contributed by atoms with E-state index >= 15 is 0 Å². The number of amides is 1. The van der Waals surface area contributed by atoms with E-state index in [1.807, 2.05) is 62.4 Å². The Morgan fingerprint density at radius 1 is 1.16 bits per heavy atom. The van der Waals surface area contributed by atoms with Gasteiger partial charge in [-0.15, -0.1) is 5.10 Å². The van der Waals surface area contributed by atoms with Gasteiger partial charge in [-0.05, 0) is 38.1 Å². The monoisotopic (exact) mass is 416 g/mol. The summed E-state index contributed by atoms with van der Waals surface area (Å²) in [6.45, 7) is 3.87. The number of nitrogens with one attached hydrogen (secondary N) is 2. The lowest BCUT2D eigenvalue weighted by atomic mass is 10.1. The zero-order chi connectivity index (χ0) is 17.8. The van der Waals surface area contributed by atoms with Crippen molar-refractivity contribution in [1.29, 1.82) is 0 Å². The van der Waals surface area contributed by atoms with E-state index in [1.165, 1.54) is 17.3 Å². The number of carbonyl (C=O) groups is 1. The summed E-state index contributed by atoms with van der Waals surface area (Å²) in [5, 5.41) is 10.2. The number of hydrogen-bond donors (Lipinski definition) is 2. The molecule has 3 aromatic rings. The molecule has 3 rings (SSSR count). The lowest BCUT2D eigenvalue weighted by Crippen LogP contribution is -2.22. The molecule has 0 aliphatic rings. The Bertz CT molecular complexity index is 862. The van der Waals surface area contributed by atoms with Gasteiger partial charge in [0.15, 0.2) is 5.82 Å². The molecular weight excluding hydrogens is 400 g/mol. The fraction of sp³-hybridized carbons (Fsp3) is 0.167. The van der Waals surface area contributed by atoms with E-state index in [-0.39, 0.29) is 11.2 Å². The summed E-state index contributed by atoms with van der Waals surface area (Å²) in [6.07, 6.45) is 0. The minimum atomic E-state index is -0.315. The Hall–Kier alpha value is -2.12. The van der Waals surface area contributed by atoms with Crippen LogP contribution in [-0.2, 0) is 4.79 Å². The highest BCUT2D eigenvalue weighted by Crippen LogP contribution is 2.24. The van der Waals surface area contributed by atoms with Gasteiger partial charge in [0.2, 0.25) is 11.1 Å². The van der Waals surface area contributed by atoms with Crippen LogP contribution in [0.5, 0.6) is 0 Å². The van der Waals surface area contributed by atoms with Crippen molar-refractivity contribution in [1.82, 2.24) is 15.2 Å². The molecule has 25 heavy (non-hydrogen) atoms. The first-order valence-corrected chi connectivity index (χ1v) is 9.41. The highest BCUT2D eigenvalue weighted by Gasteiger charge is 2.17. The van der Waals surface area contributed by atoms with E-state index < -0.39 is 0 Å². The number of aromatic amines is 1. The van der Waals surface area contributed by atoms with Gasteiger partial charge < -0.3 is 5.32 Å². The fourth-order valence-corrected chi connectivity index (χ4v) is 3.12. The molecule has 7 heteroatoms. The summed E-state index contributed by atoms with van der Waals surface area (Å²) < 4.78 is 0.970. The Labute approximate surface area is 158 Å². The zero-order valence-electron chi connectivity index (χ0n) is 13.8. The molecule has 0 spiro atoms. The van der Waals surface area contributed by atoms with Crippen LogP contribution in [-0.4, -0.2) is 26.3 Å². The number of halogens is 1. The summed E-state index contributed by atoms with van der Waals surface area (Å²) in [4.78, 5) is 16.8. The number of nitrogens with zero attached hydrogens (tertiary/aromatic N) is 2. The summed E-state index contributed by atoms with van der Waals surface area (Å²) >= 11 is 4.69. The highest BCUT2D eigenvalue weighted by atomic mass is 79.9. The molecule has 1 atom stereocenters. The number of hydrogen-bond acceptors (Lipinski definition) is 4. The van der Waals surface area contributed by atoms with Crippen LogP contribution in [0, 0.1) is 6.92 Å². The van der Waals surface area contributed by atoms with E-state index in [4.69, 9.17) is 0 Å². The molecule has 1 heterocycles. The van der Waals surface area contributed by atoms with Gasteiger partial charge in [0.25, 0.3) is 0 Å². The molecular formula is C18H17BrN4OS. The van der Waals surface area contributed by atoms with Gasteiger partial charge >= 0.3 is 0 Å². The van der Waals surface area contributed by atoms with Crippen LogP contribution >= 0.6 is 27.7 Å². The zero-order valence-corrected chi connectivity index (χ0v) is 16.2. The number of aryl methyl sites for hydroxylation is 1.